The number of unbranched alkanes of at least 4 members (excludes halogenated alkanes) is 1. The Morgan fingerprint density at radius 3 is 2.93 bits per heavy atom. The van der Waals surface area contributed by atoms with E-state index in [4.69, 9.17) is 10.5 Å². The third-order valence-corrected chi connectivity index (χ3v) is 1.95. The smallest absolute Gasteiger partial charge is 0.237 e. The summed E-state index contributed by atoms with van der Waals surface area (Å²) in [5, 5.41) is 2.71. The molecule has 0 rings (SSSR count). The molecule has 0 radical (unpaired) electrons. The van der Waals surface area contributed by atoms with E-state index in [9.17, 15) is 4.79 Å². The first-order chi connectivity index (χ1) is 7.22. The molecule has 0 saturated heterocycles. The van der Waals surface area contributed by atoms with Crippen LogP contribution in [0, 0.1) is 0 Å². The topological polar surface area (TPSA) is 64.4 Å². The molecular weight excluding hydrogens is 192 g/mol. The summed E-state index contributed by atoms with van der Waals surface area (Å²) in [6.45, 7) is 7.46. The lowest BCUT2D eigenvalue weighted by atomic mass is 10.2. The van der Waals surface area contributed by atoms with E-state index in [0.717, 1.165) is 19.4 Å². The third kappa shape index (κ3) is 8.15. The first-order valence-electron chi connectivity index (χ1n) is 5.44. The van der Waals surface area contributed by atoms with Crippen molar-refractivity contribution in [3.05, 3.63) is 12.7 Å². The molecule has 0 spiro atoms. The van der Waals surface area contributed by atoms with Crippen molar-refractivity contribution in [3.8, 4) is 0 Å². The van der Waals surface area contributed by atoms with E-state index < -0.39 is 6.04 Å². The van der Waals surface area contributed by atoms with Crippen LogP contribution in [-0.2, 0) is 9.53 Å². The zero-order chi connectivity index (χ0) is 11.5. The van der Waals surface area contributed by atoms with E-state index in [-0.39, 0.29) is 5.91 Å². The Balaban J connectivity index is 3.34. The van der Waals surface area contributed by atoms with Gasteiger partial charge in [0.2, 0.25) is 5.91 Å². The number of nitrogens with one attached hydrogen (secondary N) is 1. The number of nitrogens with two attached hydrogens (primary N) is 1. The summed E-state index contributed by atoms with van der Waals surface area (Å²) >= 11 is 0. The average molecular weight is 214 g/mol. The highest BCUT2D eigenvalue weighted by atomic mass is 16.5. The Morgan fingerprint density at radius 2 is 2.33 bits per heavy atom. The van der Waals surface area contributed by atoms with Crippen LogP contribution in [-0.4, -0.2) is 31.7 Å². The molecule has 0 aromatic carbocycles. The highest BCUT2D eigenvalue weighted by Gasteiger charge is 2.09. The molecule has 1 amide bonds. The second kappa shape index (κ2) is 9.68. The standard InChI is InChI=1S/C11H22N2O2/c1-3-5-8-15-9-7-13-11(14)10(12)6-4-2/h4,10H,2-3,5-9,12H2,1H3,(H,13,14). The number of rotatable bonds is 9. The molecule has 3 N–H and O–H groups in total. The second-order valence-electron chi connectivity index (χ2n) is 3.39. The number of amides is 1. The SMILES string of the molecule is C=CCC(N)C(=O)NCCOCCCC. The Labute approximate surface area is 91.9 Å². The lowest BCUT2D eigenvalue weighted by molar-refractivity contribution is -0.122. The van der Waals surface area contributed by atoms with Gasteiger partial charge in [0, 0.05) is 13.2 Å². The zero-order valence-corrected chi connectivity index (χ0v) is 9.50. The maximum atomic E-state index is 11.3. The number of carbonyl (C=O) groups is 1. The van der Waals surface area contributed by atoms with Crippen LogP contribution in [0.2, 0.25) is 0 Å². The molecule has 0 aliphatic carbocycles. The molecule has 0 saturated carbocycles. The first-order valence-corrected chi connectivity index (χ1v) is 5.44. The lowest BCUT2D eigenvalue weighted by Gasteiger charge is -2.10. The van der Waals surface area contributed by atoms with Crippen molar-refractivity contribution in [1.82, 2.24) is 5.32 Å². The first kappa shape index (κ1) is 14.1. The second-order valence-corrected chi connectivity index (χ2v) is 3.39. The molecule has 0 heterocycles. The fourth-order valence-electron chi connectivity index (χ4n) is 1.01. The largest absolute Gasteiger partial charge is 0.380 e. The molecular formula is C11H22N2O2. The fourth-order valence-corrected chi connectivity index (χ4v) is 1.01. The molecule has 0 aliphatic heterocycles. The minimum absolute atomic E-state index is 0.144. The van der Waals surface area contributed by atoms with Crippen molar-refractivity contribution in [2.75, 3.05) is 19.8 Å². The summed E-state index contributed by atoms with van der Waals surface area (Å²) in [6, 6.07) is -0.488. The van der Waals surface area contributed by atoms with Crippen molar-refractivity contribution in [1.29, 1.82) is 0 Å². The van der Waals surface area contributed by atoms with E-state index in [1.54, 1.807) is 6.08 Å². The van der Waals surface area contributed by atoms with E-state index >= 15 is 0 Å². The van der Waals surface area contributed by atoms with Gasteiger partial charge in [0.05, 0.1) is 12.6 Å². The highest BCUT2D eigenvalue weighted by Crippen LogP contribution is 1.89. The maximum absolute atomic E-state index is 11.3. The molecule has 4 nitrogen and oxygen atoms in total. The van der Waals surface area contributed by atoms with E-state index in [1.807, 2.05) is 0 Å². The third-order valence-electron chi connectivity index (χ3n) is 1.95. The molecule has 88 valence electrons. The van der Waals surface area contributed by atoms with Crippen molar-refractivity contribution >= 4 is 5.91 Å². The monoisotopic (exact) mass is 214 g/mol. The van der Waals surface area contributed by atoms with Crippen LogP contribution in [0.3, 0.4) is 0 Å². The maximum Gasteiger partial charge on any atom is 0.237 e. The molecule has 0 aliphatic rings. The van der Waals surface area contributed by atoms with Gasteiger partial charge in [0.15, 0.2) is 0 Å². The Kier molecular flexibility index (Phi) is 9.11. The number of hydrogen-bond donors (Lipinski definition) is 2. The van der Waals surface area contributed by atoms with Gasteiger partial charge in [-0.25, -0.2) is 0 Å². The van der Waals surface area contributed by atoms with Crippen LogP contribution < -0.4 is 11.1 Å². The summed E-state index contributed by atoms with van der Waals surface area (Å²) in [5.74, 6) is -0.144. The highest BCUT2D eigenvalue weighted by molar-refractivity contribution is 5.81. The summed E-state index contributed by atoms with van der Waals surface area (Å²) in [6.07, 6.45) is 4.32. The van der Waals surface area contributed by atoms with Gasteiger partial charge in [-0.2, -0.15) is 0 Å². The summed E-state index contributed by atoms with van der Waals surface area (Å²) < 4.78 is 5.29. The van der Waals surface area contributed by atoms with Gasteiger partial charge in [-0.05, 0) is 12.8 Å². The van der Waals surface area contributed by atoms with Gasteiger partial charge in [0.1, 0.15) is 0 Å². The molecule has 15 heavy (non-hydrogen) atoms. The predicted molar refractivity (Wildman–Crippen MR) is 61.5 cm³/mol. The summed E-state index contributed by atoms with van der Waals surface area (Å²) in [7, 11) is 0. The predicted octanol–water partition coefficient (Wildman–Crippen LogP) is 0.823. The molecule has 0 aromatic heterocycles. The van der Waals surface area contributed by atoms with Crippen LogP contribution in [0.25, 0.3) is 0 Å². The van der Waals surface area contributed by atoms with Crippen molar-refractivity contribution < 1.29 is 9.53 Å². The average Bonchev–Trinajstić information content (AvgIpc) is 2.23. The normalized spacial score (nSPS) is 12.1. The van der Waals surface area contributed by atoms with Gasteiger partial charge in [-0.15, -0.1) is 6.58 Å². The summed E-state index contributed by atoms with van der Waals surface area (Å²) in [5.41, 5.74) is 5.57. The van der Waals surface area contributed by atoms with Crippen molar-refractivity contribution in [2.24, 2.45) is 5.73 Å². The molecule has 4 heteroatoms. The van der Waals surface area contributed by atoms with E-state index in [0.29, 0.717) is 19.6 Å². The van der Waals surface area contributed by atoms with Crippen molar-refractivity contribution in [3.63, 3.8) is 0 Å². The minimum Gasteiger partial charge on any atom is -0.380 e. The van der Waals surface area contributed by atoms with Crippen molar-refractivity contribution in [2.45, 2.75) is 32.2 Å². The number of hydrogen-bond acceptors (Lipinski definition) is 3. The fraction of sp³-hybridized carbons (Fsp3) is 0.727. The van der Waals surface area contributed by atoms with Gasteiger partial charge >= 0.3 is 0 Å². The quantitative estimate of drug-likeness (QED) is 0.441. The van der Waals surface area contributed by atoms with Gasteiger partial charge in [-0.1, -0.05) is 19.4 Å². The Morgan fingerprint density at radius 1 is 1.60 bits per heavy atom. The lowest BCUT2D eigenvalue weighted by Crippen LogP contribution is -2.41. The van der Waals surface area contributed by atoms with Crippen LogP contribution in [0.1, 0.15) is 26.2 Å². The minimum atomic E-state index is -0.488. The van der Waals surface area contributed by atoms with Gasteiger partial charge in [0.25, 0.3) is 0 Å². The Bertz CT molecular complexity index is 183. The Hall–Kier alpha value is -0.870. The number of carbonyl (C=O) groups excluding carboxylic acids is 1. The molecule has 1 unspecified atom stereocenters. The molecule has 0 fully saturated rings. The van der Waals surface area contributed by atoms with Crippen LogP contribution in [0.15, 0.2) is 12.7 Å². The van der Waals surface area contributed by atoms with E-state index in [1.165, 1.54) is 0 Å². The summed E-state index contributed by atoms with van der Waals surface area (Å²) in [4.78, 5) is 11.3. The number of ether oxygens (including phenoxy) is 1. The molecule has 0 bridgehead atoms. The van der Waals surface area contributed by atoms with Crippen LogP contribution in [0.4, 0.5) is 0 Å². The zero-order valence-electron chi connectivity index (χ0n) is 9.50. The molecule has 1 atom stereocenters. The van der Waals surface area contributed by atoms with Crippen LogP contribution >= 0.6 is 0 Å². The van der Waals surface area contributed by atoms with Gasteiger partial charge in [-0.3, -0.25) is 4.79 Å². The van der Waals surface area contributed by atoms with Gasteiger partial charge < -0.3 is 15.8 Å². The van der Waals surface area contributed by atoms with E-state index in [2.05, 4.69) is 18.8 Å². The van der Waals surface area contributed by atoms with Crippen LogP contribution in [0.5, 0.6) is 0 Å². The molecule has 0 aromatic rings.